The van der Waals surface area contributed by atoms with Crippen LogP contribution >= 0.6 is 11.3 Å². The van der Waals surface area contributed by atoms with E-state index in [4.69, 9.17) is 19.7 Å². The molecule has 0 amide bonds. The molecule has 0 saturated carbocycles. The van der Waals surface area contributed by atoms with Gasteiger partial charge in [-0.2, -0.15) is 0 Å². The summed E-state index contributed by atoms with van der Waals surface area (Å²) in [5, 5.41) is 4.71. The minimum absolute atomic E-state index is 0.0562. The third kappa shape index (κ3) is 3.64. The molecule has 0 spiro atoms. The second-order valence-corrected chi connectivity index (χ2v) is 7.36. The number of aromatic nitrogens is 3. The van der Waals surface area contributed by atoms with E-state index in [0.29, 0.717) is 38.1 Å². The lowest BCUT2D eigenvalue weighted by Gasteiger charge is -2.01. The van der Waals surface area contributed by atoms with Gasteiger partial charge in [-0.3, -0.25) is 0 Å². The number of carbonyl (C=O) groups is 1. The van der Waals surface area contributed by atoms with Crippen LogP contribution in [0.2, 0.25) is 0 Å². The van der Waals surface area contributed by atoms with Crippen molar-refractivity contribution in [2.75, 3.05) is 12.8 Å². The first kappa shape index (κ1) is 18.9. The van der Waals surface area contributed by atoms with E-state index in [2.05, 4.69) is 15.1 Å². The average Bonchev–Trinajstić information content (AvgIpc) is 3.31. The molecule has 4 aromatic rings. The van der Waals surface area contributed by atoms with Crippen LogP contribution in [-0.4, -0.2) is 28.2 Å². The molecule has 29 heavy (non-hydrogen) atoms. The Morgan fingerprint density at radius 3 is 2.69 bits per heavy atom. The number of rotatable bonds is 5. The highest BCUT2D eigenvalue weighted by atomic mass is 32.1. The van der Waals surface area contributed by atoms with E-state index in [1.54, 1.807) is 20.1 Å². The van der Waals surface area contributed by atoms with Crippen molar-refractivity contribution in [1.29, 1.82) is 0 Å². The summed E-state index contributed by atoms with van der Waals surface area (Å²) >= 11 is 1.19. The molecule has 0 aliphatic carbocycles. The fraction of sp³-hybridized carbons (Fsp3) is 0.200. The Kier molecular flexibility index (Phi) is 4.89. The number of nitrogen functional groups attached to an aromatic ring is 1. The smallest absolute Gasteiger partial charge is 0.350 e. The van der Waals surface area contributed by atoms with E-state index in [-0.39, 0.29) is 6.61 Å². The highest BCUT2D eigenvalue weighted by Crippen LogP contribution is 2.34. The summed E-state index contributed by atoms with van der Waals surface area (Å²) < 4.78 is 15.8. The van der Waals surface area contributed by atoms with Gasteiger partial charge in [0.15, 0.2) is 12.4 Å². The number of nitrogens with zero attached hydrogens (tertiary/aromatic N) is 3. The number of methoxy groups -OCH3 is 1. The van der Waals surface area contributed by atoms with Gasteiger partial charge in [-0.1, -0.05) is 5.16 Å². The maximum absolute atomic E-state index is 12.5. The number of benzene rings is 1. The van der Waals surface area contributed by atoms with Gasteiger partial charge in [0, 0.05) is 11.6 Å². The lowest BCUT2D eigenvalue weighted by molar-refractivity contribution is 0.0444. The monoisotopic (exact) mass is 410 g/mol. The molecule has 9 heteroatoms. The average molecular weight is 410 g/mol. The molecule has 0 unspecified atom stereocenters. The molecule has 0 aliphatic rings. The summed E-state index contributed by atoms with van der Waals surface area (Å²) in [7, 11) is 1.61. The number of aryl methyl sites for hydroxylation is 2. The van der Waals surface area contributed by atoms with Crippen molar-refractivity contribution in [1.82, 2.24) is 15.1 Å². The molecule has 3 heterocycles. The summed E-state index contributed by atoms with van der Waals surface area (Å²) in [5.74, 6) is 1.27. The van der Waals surface area contributed by atoms with E-state index in [0.717, 1.165) is 17.0 Å². The number of hydrogen-bond donors (Lipinski definition) is 1. The van der Waals surface area contributed by atoms with Gasteiger partial charge in [0.05, 0.1) is 23.9 Å². The Balaban J connectivity index is 1.49. The third-order valence-electron chi connectivity index (χ3n) is 4.36. The predicted molar refractivity (Wildman–Crippen MR) is 109 cm³/mol. The Morgan fingerprint density at radius 2 is 1.97 bits per heavy atom. The summed E-state index contributed by atoms with van der Waals surface area (Å²) in [4.78, 5) is 22.2. The van der Waals surface area contributed by atoms with E-state index < -0.39 is 5.97 Å². The van der Waals surface area contributed by atoms with Crippen LogP contribution in [0, 0.1) is 13.8 Å². The van der Waals surface area contributed by atoms with E-state index in [1.165, 1.54) is 11.3 Å². The van der Waals surface area contributed by atoms with Crippen LogP contribution in [0.1, 0.15) is 27.0 Å². The van der Waals surface area contributed by atoms with Crippen molar-refractivity contribution in [2.24, 2.45) is 0 Å². The Hall–Kier alpha value is -3.46. The van der Waals surface area contributed by atoms with Crippen molar-refractivity contribution in [3.63, 3.8) is 0 Å². The van der Waals surface area contributed by atoms with Gasteiger partial charge in [0.25, 0.3) is 0 Å². The number of ether oxygens (including phenoxy) is 2. The van der Waals surface area contributed by atoms with Crippen molar-refractivity contribution < 1.29 is 18.8 Å². The molecule has 0 saturated heterocycles. The normalized spacial score (nSPS) is 11.0. The minimum atomic E-state index is -0.537. The summed E-state index contributed by atoms with van der Waals surface area (Å²) in [6.45, 7) is 3.58. The molecular weight excluding hydrogens is 392 g/mol. The van der Waals surface area contributed by atoms with Crippen molar-refractivity contribution in [3.05, 3.63) is 52.5 Å². The molecule has 0 aliphatic heterocycles. The molecule has 3 aromatic heterocycles. The van der Waals surface area contributed by atoms with E-state index in [1.807, 2.05) is 31.2 Å². The second-order valence-electron chi connectivity index (χ2n) is 6.36. The third-order valence-corrected chi connectivity index (χ3v) is 5.44. The first-order chi connectivity index (χ1) is 14.0. The van der Waals surface area contributed by atoms with Crippen LogP contribution in [-0.2, 0) is 11.3 Å². The number of esters is 1. The molecular formula is C20H18N4O4S. The van der Waals surface area contributed by atoms with Gasteiger partial charge in [-0.15, -0.1) is 11.3 Å². The lowest BCUT2D eigenvalue weighted by atomic mass is 10.1. The first-order valence-electron chi connectivity index (χ1n) is 8.76. The Labute approximate surface area is 170 Å². The molecule has 148 valence electrons. The number of thiophene rings is 1. The number of anilines is 1. The molecule has 1 aromatic carbocycles. The molecule has 4 rings (SSSR count). The molecule has 0 radical (unpaired) electrons. The standard InChI is InChI=1S/C20H18N4O4S/c1-10-16-17(21)18(29-19(16)23-11(2)22-10)20(25)27-9-14-8-15(24-28-14)12-4-6-13(26-3)7-5-12/h4-8H,9,21H2,1-3H3. The van der Waals surface area contributed by atoms with Gasteiger partial charge in [0.1, 0.15) is 27.0 Å². The highest BCUT2D eigenvalue weighted by Gasteiger charge is 2.21. The van der Waals surface area contributed by atoms with Gasteiger partial charge in [-0.25, -0.2) is 14.8 Å². The van der Waals surface area contributed by atoms with Crippen LogP contribution in [0.15, 0.2) is 34.9 Å². The van der Waals surface area contributed by atoms with Crippen molar-refractivity contribution in [3.8, 4) is 17.0 Å². The lowest BCUT2D eigenvalue weighted by Crippen LogP contribution is -2.05. The van der Waals surface area contributed by atoms with Gasteiger partial charge in [-0.05, 0) is 38.1 Å². The first-order valence-corrected chi connectivity index (χ1v) is 9.58. The van der Waals surface area contributed by atoms with E-state index in [9.17, 15) is 4.79 Å². The van der Waals surface area contributed by atoms with Crippen molar-refractivity contribution in [2.45, 2.75) is 20.5 Å². The van der Waals surface area contributed by atoms with Crippen LogP contribution < -0.4 is 10.5 Å². The maximum atomic E-state index is 12.5. The van der Waals surface area contributed by atoms with Crippen LogP contribution in [0.3, 0.4) is 0 Å². The zero-order chi connectivity index (χ0) is 20.5. The minimum Gasteiger partial charge on any atom is -0.497 e. The molecule has 8 nitrogen and oxygen atoms in total. The SMILES string of the molecule is COc1ccc(-c2cc(COC(=O)c3sc4nc(C)nc(C)c4c3N)on2)cc1. The fourth-order valence-corrected chi connectivity index (χ4v) is 4.05. The van der Waals surface area contributed by atoms with Gasteiger partial charge >= 0.3 is 5.97 Å². The number of nitrogens with two attached hydrogens (primary N) is 1. The summed E-state index contributed by atoms with van der Waals surface area (Å²) in [6, 6.07) is 9.13. The fourth-order valence-electron chi connectivity index (χ4n) is 2.96. The largest absolute Gasteiger partial charge is 0.497 e. The van der Waals surface area contributed by atoms with Crippen LogP contribution in [0.5, 0.6) is 5.75 Å². The summed E-state index contributed by atoms with van der Waals surface area (Å²) in [5.41, 5.74) is 8.73. The Morgan fingerprint density at radius 1 is 1.21 bits per heavy atom. The van der Waals surface area contributed by atoms with Crippen LogP contribution in [0.25, 0.3) is 21.5 Å². The van der Waals surface area contributed by atoms with Gasteiger partial charge < -0.3 is 19.7 Å². The number of fused-ring (bicyclic) bond motifs is 1. The van der Waals surface area contributed by atoms with Crippen molar-refractivity contribution >= 4 is 33.2 Å². The maximum Gasteiger partial charge on any atom is 0.350 e. The molecule has 2 N–H and O–H groups in total. The Bertz CT molecular complexity index is 1200. The summed E-state index contributed by atoms with van der Waals surface area (Å²) in [6.07, 6.45) is 0. The molecule has 0 atom stereocenters. The van der Waals surface area contributed by atoms with E-state index >= 15 is 0 Å². The number of carbonyl (C=O) groups excluding carboxylic acids is 1. The topological polar surface area (TPSA) is 113 Å². The quantitative estimate of drug-likeness (QED) is 0.493. The van der Waals surface area contributed by atoms with Crippen LogP contribution in [0.4, 0.5) is 5.69 Å². The predicted octanol–water partition coefficient (Wildman–Crippen LogP) is 3.91. The molecule has 0 fully saturated rings. The highest BCUT2D eigenvalue weighted by molar-refractivity contribution is 7.21. The zero-order valence-corrected chi connectivity index (χ0v) is 16.9. The zero-order valence-electron chi connectivity index (χ0n) is 16.1. The van der Waals surface area contributed by atoms with Gasteiger partial charge in [0.2, 0.25) is 0 Å². The number of hydrogen-bond acceptors (Lipinski definition) is 9. The second kappa shape index (κ2) is 7.51. The molecule has 0 bridgehead atoms.